The molecule has 2 rings (SSSR count). The van der Waals surface area contributed by atoms with E-state index in [1.807, 2.05) is 18.4 Å². The Balaban J connectivity index is 1.81. The van der Waals surface area contributed by atoms with Crippen molar-refractivity contribution in [3.8, 4) is 0 Å². The van der Waals surface area contributed by atoms with E-state index in [0.717, 1.165) is 23.3 Å². The molecule has 0 unspecified atom stereocenters. The zero-order valence-electron chi connectivity index (χ0n) is 11.8. The number of hydrogen-bond acceptors (Lipinski definition) is 4. The number of carbonyl (C=O) groups is 2. The summed E-state index contributed by atoms with van der Waals surface area (Å²) in [5.41, 5.74) is 1.01. The Kier molecular flexibility index (Phi) is 5.00. The van der Waals surface area contributed by atoms with E-state index in [1.54, 1.807) is 11.8 Å². The number of nitrogens with zero attached hydrogens (tertiary/aromatic N) is 1. The van der Waals surface area contributed by atoms with Gasteiger partial charge in [0.25, 0.3) is 5.91 Å². The Bertz CT molecular complexity index is 479. The molecule has 1 aromatic heterocycles. The summed E-state index contributed by atoms with van der Waals surface area (Å²) in [5.74, 6) is -0.00733. The molecule has 0 aliphatic carbocycles. The second kappa shape index (κ2) is 6.74. The van der Waals surface area contributed by atoms with Gasteiger partial charge in [-0.15, -0.1) is 11.3 Å². The highest BCUT2D eigenvalue weighted by molar-refractivity contribution is 7.12. The minimum absolute atomic E-state index is 0.00733. The van der Waals surface area contributed by atoms with Gasteiger partial charge in [0.05, 0.1) is 11.5 Å². The molecule has 1 aromatic rings. The van der Waals surface area contributed by atoms with Gasteiger partial charge >= 0.3 is 6.09 Å². The van der Waals surface area contributed by atoms with Crippen LogP contribution in [-0.2, 0) is 4.74 Å². The van der Waals surface area contributed by atoms with Crippen molar-refractivity contribution in [1.29, 1.82) is 0 Å². The first-order valence-electron chi connectivity index (χ1n) is 6.88. The van der Waals surface area contributed by atoms with Gasteiger partial charge in [-0.3, -0.25) is 4.79 Å². The highest BCUT2D eigenvalue weighted by atomic mass is 32.1. The van der Waals surface area contributed by atoms with Gasteiger partial charge in [-0.25, -0.2) is 4.79 Å². The van der Waals surface area contributed by atoms with E-state index in [1.165, 1.54) is 11.3 Å². The summed E-state index contributed by atoms with van der Waals surface area (Å²) in [5, 5.41) is 4.97. The van der Waals surface area contributed by atoms with Gasteiger partial charge in [-0.05, 0) is 43.7 Å². The topological polar surface area (TPSA) is 58.6 Å². The number of thiophene rings is 1. The van der Waals surface area contributed by atoms with E-state index in [9.17, 15) is 9.59 Å². The van der Waals surface area contributed by atoms with Crippen molar-refractivity contribution in [2.24, 2.45) is 0 Å². The quantitative estimate of drug-likeness (QED) is 0.932. The number of piperidine rings is 1. The molecule has 0 bridgehead atoms. The zero-order valence-corrected chi connectivity index (χ0v) is 12.7. The van der Waals surface area contributed by atoms with Crippen molar-refractivity contribution < 1.29 is 14.3 Å². The minimum atomic E-state index is -0.258. The van der Waals surface area contributed by atoms with Crippen molar-refractivity contribution in [2.45, 2.75) is 32.7 Å². The first-order chi connectivity index (χ1) is 9.61. The summed E-state index contributed by atoms with van der Waals surface area (Å²) in [6.07, 6.45) is 1.29. The van der Waals surface area contributed by atoms with Crippen molar-refractivity contribution in [3.63, 3.8) is 0 Å². The van der Waals surface area contributed by atoms with Crippen molar-refractivity contribution in [1.82, 2.24) is 10.2 Å². The summed E-state index contributed by atoms with van der Waals surface area (Å²) in [6, 6.07) is 2.08. The van der Waals surface area contributed by atoms with Crippen molar-refractivity contribution >= 4 is 23.3 Å². The van der Waals surface area contributed by atoms with E-state index in [4.69, 9.17) is 4.74 Å². The molecule has 0 radical (unpaired) electrons. The molecule has 0 saturated carbocycles. The van der Waals surface area contributed by atoms with Crippen LogP contribution in [0.3, 0.4) is 0 Å². The molecule has 20 heavy (non-hydrogen) atoms. The first-order valence-corrected chi connectivity index (χ1v) is 7.76. The van der Waals surface area contributed by atoms with Crippen LogP contribution >= 0.6 is 11.3 Å². The molecule has 6 heteroatoms. The molecule has 1 aliphatic heterocycles. The van der Waals surface area contributed by atoms with Crippen LogP contribution in [-0.4, -0.2) is 42.6 Å². The molecular weight excluding hydrogens is 276 g/mol. The smallest absolute Gasteiger partial charge is 0.409 e. The van der Waals surface area contributed by atoms with E-state index in [0.29, 0.717) is 19.7 Å². The number of nitrogens with one attached hydrogen (secondary N) is 1. The number of amides is 2. The summed E-state index contributed by atoms with van der Waals surface area (Å²) in [6.45, 7) is 5.40. The monoisotopic (exact) mass is 296 g/mol. The SMILES string of the molecule is CCOC(=O)N1CCC(NC(=O)c2sccc2C)CC1. The second-order valence-corrected chi connectivity index (χ2v) is 5.78. The maximum Gasteiger partial charge on any atom is 0.409 e. The predicted octanol–water partition coefficient (Wildman–Crippen LogP) is 2.41. The average Bonchev–Trinajstić information content (AvgIpc) is 2.86. The van der Waals surface area contributed by atoms with Crippen LogP contribution in [0.5, 0.6) is 0 Å². The predicted molar refractivity (Wildman–Crippen MR) is 78.1 cm³/mol. The van der Waals surface area contributed by atoms with E-state index >= 15 is 0 Å². The fourth-order valence-electron chi connectivity index (χ4n) is 2.28. The largest absolute Gasteiger partial charge is 0.450 e. The molecule has 0 atom stereocenters. The molecule has 5 nitrogen and oxygen atoms in total. The lowest BCUT2D eigenvalue weighted by atomic mass is 10.1. The molecule has 1 fully saturated rings. The number of likely N-dealkylation sites (tertiary alicyclic amines) is 1. The van der Waals surface area contributed by atoms with Gasteiger partial charge in [-0.2, -0.15) is 0 Å². The van der Waals surface area contributed by atoms with Gasteiger partial charge in [0, 0.05) is 19.1 Å². The normalized spacial score (nSPS) is 16.0. The van der Waals surface area contributed by atoms with Gasteiger partial charge in [0.15, 0.2) is 0 Å². The molecule has 1 N–H and O–H groups in total. The van der Waals surface area contributed by atoms with Crippen LogP contribution in [0.25, 0.3) is 0 Å². The third-order valence-corrected chi connectivity index (χ3v) is 4.44. The fraction of sp³-hybridized carbons (Fsp3) is 0.571. The average molecular weight is 296 g/mol. The summed E-state index contributed by atoms with van der Waals surface area (Å²) in [4.78, 5) is 26.2. The Morgan fingerprint density at radius 1 is 1.45 bits per heavy atom. The van der Waals surface area contributed by atoms with Gasteiger partial charge in [-0.1, -0.05) is 0 Å². The van der Waals surface area contributed by atoms with Crippen LogP contribution in [0, 0.1) is 6.92 Å². The molecule has 0 spiro atoms. The van der Waals surface area contributed by atoms with Crippen LogP contribution in [0.2, 0.25) is 0 Å². The Morgan fingerprint density at radius 2 is 2.15 bits per heavy atom. The first kappa shape index (κ1) is 14.8. The standard InChI is InChI=1S/C14H20N2O3S/c1-3-19-14(18)16-7-4-11(5-8-16)15-13(17)12-10(2)6-9-20-12/h6,9,11H,3-5,7-8H2,1-2H3,(H,15,17). The molecule has 2 heterocycles. The van der Waals surface area contributed by atoms with Crippen LogP contribution in [0.15, 0.2) is 11.4 Å². The van der Waals surface area contributed by atoms with E-state index < -0.39 is 0 Å². The lowest BCUT2D eigenvalue weighted by molar-refractivity contribution is 0.0862. The van der Waals surface area contributed by atoms with Crippen molar-refractivity contribution in [3.05, 3.63) is 21.9 Å². The number of rotatable bonds is 3. The van der Waals surface area contributed by atoms with Crippen LogP contribution in [0.1, 0.15) is 35.0 Å². The summed E-state index contributed by atoms with van der Waals surface area (Å²) < 4.78 is 4.97. The molecular formula is C14H20N2O3S. The second-order valence-electron chi connectivity index (χ2n) is 4.87. The van der Waals surface area contributed by atoms with Gasteiger partial charge in [0.2, 0.25) is 0 Å². The lowest BCUT2D eigenvalue weighted by Crippen LogP contribution is -2.46. The number of aryl methyl sites for hydroxylation is 1. The third-order valence-electron chi connectivity index (χ3n) is 3.42. The highest BCUT2D eigenvalue weighted by Gasteiger charge is 2.25. The van der Waals surface area contributed by atoms with Crippen LogP contribution in [0.4, 0.5) is 4.79 Å². The molecule has 1 aliphatic rings. The number of carbonyl (C=O) groups excluding carboxylic acids is 2. The lowest BCUT2D eigenvalue weighted by Gasteiger charge is -2.31. The Morgan fingerprint density at radius 3 is 2.70 bits per heavy atom. The Hall–Kier alpha value is -1.56. The molecule has 1 saturated heterocycles. The maximum absolute atomic E-state index is 12.1. The minimum Gasteiger partial charge on any atom is -0.450 e. The molecule has 0 aromatic carbocycles. The fourth-order valence-corrected chi connectivity index (χ4v) is 3.11. The molecule has 2 amide bonds. The highest BCUT2D eigenvalue weighted by Crippen LogP contribution is 2.17. The Labute approximate surface area is 122 Å². The van der Waals surface area contributed by atoms with Gasteiger partial charge in [0.1, 0.15) is 0 Å². The number of ether oxygens (including phenoxy) is 1. The maximum atomic E-state index is 12.1. The summed E-state index contributed by atoms with van der Waals surface area (Å²) >= 11 is 1.46. The zero-order chi connectivity index (χ0) is 14.5. The number of hydrogen-bond donors (Lipinski definition) is 1. The third kappa shape index (κ3) is 3.50. The summed E-state index contributed by atoms with van der Waals surface area (Å²) in [7, 11) is 0. The van der Waals surface area contributed by atoms with E-state index in [-0.39, 0.29) is 18.0 Å². The van der Waals surface area contributed by atoms with E-state index in [2.05, 4.69) is 5.32 Å². The van der Waals surface area contributed by atoms with Crippen LogP contribution < -0.4 is 5.32 Å². The van der Waals surface area contributed by atoms with Crippen molar-refractivity contribution in [2.75, 3.05) is 19.7 Å². The van der Waals surface area contributed by atoms with Gasteiger partial charge < -0.3 is 15.0 Å². The molecule has 110 valence electrons.